The smallest absolute Gasteiger partial charge is 0.293 e. The summed E-state index contributed by atoms with van der Waals surface area (Å²) in [4.78, 5) is 4.35. The third-order valence-electron chi connectivity index (χ3n) is 2.41. The fourth-order valence-electron chi connectivity index (χ4n) is 0.902. The van der Waals surface area contributed by atoms with Crippen molar-refractivity contribution in [2.45, 2.75) is 52.0 Å². The number of rotatable bonds is 4. The van der Waals surface area contributed by atoms with Crippen LogP contribution < -0.4 is 10.5 Å². The molecule has 0 aliphatic heterocycles. The standard InChI is InChI=1S/C11H21N3OS/c1-6-11(5,12)7-15-9-13-8(14-16-9)10(2,3)4/h6-7,12H2,1-5H3. The van der Waals surface area contributed by atoms with Crippen molar-refractivity contribution >= 4 is 11.5 Å². The molecule has 0 bridgehead atoms. The molecule has 0 saturated heterocycles. The second kappa shape index (κ2) is 4.67. The van der Waals surface area contributed by atoms with Gasteiger partial charge >= 0.3 is 0 Å². The molecule has 1 heterocycles. The van der Waals surface area contributed by atoms with E-state index in [4.69, 9.17) is 10.5 Å². The second-order valence-electron chi connectivity index (χ2n) is 5.43. The Morgan fingerprint density at radius 1 is 1.31 bits per heavy atom. The molecule has 0 radical (unpaired) electrons. The average molecular weight is 243 g/mol. The molecular formula is C11H21N3OS. The van der Waals surface area contributed by atoms with E-state index in [1.165, 1.54) is 11.5 Å². The molecule has 1 aromatic heterocycles. The molecule has 0 spiro atoms. The van der Waals surface area contributed by atoms with Gasteiger partial charge in [-0.25, -0.2) is 0 Å². The van der Waals surface area contributed by atoms with Crippen molar-refractivity contribution in [3.05, 3.63) is 5.82 Å². The number of nitrogens with two attached hydrogens (primary N) is 1. The SMILES string of the molecule is CCC(C)(N)COc1nc(C(C)(C)C)ns1. The topological polar surface area (TPSA) is 61.0 Å². The Morgan fingerprint density at radius 3 is 2.38 bits per heavy atom. The first-order chi connectivity index (χ1) is 7.24. The van der Waals surface area contributed by atoms with Gasteiger partial charge in [0, 0.05) is 22.5 Å². The van der Waals surface area contributed by atoms with Gasteiger partial charge in [0.25, 0.3) is 5.19 Å². The van der Waals surface area contributed by atoms with E-state index in [0.29, 0.717) is 11.8 Å². The highest BCUT2D eigenvalue weighted by atomic mass is 32.1. The van der Waals surface area contributed by atoms with Crippen LogP contribution in [-0.2, 0) is 5.41 Å². The minimum Gasteiger partial charge on any atom is -0.467 e. The highest BCUT2D eigenvalue weighted by Gasteiger charge is 2.22. The van der Waals surface area contributed by atoms with Crippen LogP contribution in [0.25, 0.3) is 0 Å². The quantitative estimate of drug-likeness (QED) is 0.881. The second-order valence-corrected chi connectivity index (χ2v) is 6.14. The normalized spacial score (nSPS) is 15.9. The van der Waals surface area contributed by atoms with Crippen LogP contribution in [-0.4, -0.2) is 21.5 Å². The Labute approximate surface area is 101 Å². The summed E-state index contributed by atoms with van der Waals surface area (Å²) in [7, 11) is 0. The molecule has 5 heteroatoms. The van der Waals surface area contributed by atoms with Crippen molar-refractivity contribution in [3.63, 3.8) is 0 Å². The molecular weight excluding hydrogens is 222 g/mol. The summed E-state index contributed by atoms with van der Waals surface area (Å²) >= 11 is 1.29. The molecule has 0 aromatic carbocycles. The molecule has 0 aliphatic carbocycles. The fraction of sp³-hybridized carbons (Fsp3) is 0.818. The predicted octanol–water partition coefficient (Wildman–Crippen LogP) is 2.34. The van der Waals surface area contributed by atoms with E-state index in [1.807, 2.05) is 13.8 Å². The van der Waals surface area contributed by atoms with Gasteiger partial charge in [0.05, 0.1) is 0 Å². The van der Waals surface area contributed by atoms with Gasteiger partial charge in [-0.05, 0) is 13.3 Å². The largest absolute Gasteiger partial charge is 0.467 e. The minimum absolute atomic E-state index is 0.0329. The summed E-state index contributed by atoms with van der Waals surface area (Å²) < 4.78 is 9.84. The van der Waals surface area contributed by atoms with Crippen LogP contribution in [0.3, 0.4) is 0 Å². The van der Waals surface area contributed by atoms with Crippen molar-refractivity contribution in [2.24, 2.45) is 5.73 Å². The molecule has 1 aromatic rings. The third kappa shape index (κ3) is 3.72. The van der Waals surface area contributed by atoms with Gasteiger partial charge in [-0.2, -0.15) is 9.36 Å². The van der Waals surface area contributed by atoms with Crippen LogP contribution in [0.1, 0.15) is 46.9 Å². The number of ether oxygens (including phenoxy) is 1. The summed E-state index contributed by atoms with van der Waals surface area (Å²) in [5.74, 6) is 0.822. The lowest BCUT2D eigenvalue weighted by atomic mass is 9.96. The highest BCUT2D eigenvalue weighted by molar-refractivity contribution is 7.07. The van der Waals surface area contributed by atoms with E-state index < -0.39 is 0 Å². The molecule has 4 nitrogen and oxygen atoms in total. The zero-order valence-corrected chi connectivity index (χ0v) is 11.5. The van der Waals surface area contributed by atoms with Crippen molar-refractivity contribution in [1.82, 2.24) is 9.36 Å². The molecule has 92 valence electrons. The van der Waals surface area contributed by atoms with E-state index in [2.05, 4.69) is 30.1 Å². The molecule has 1 atom stereocenters. The first-order valence-electron chi connectivity index (χ1n) is 5.50. The zero-order chi connectivity index (χ0) is 12.4. The van der Waals surface area contributed by atoms with Crippen LogP contribution in [0.2, 0.25) is 0 Å². The van der Waals surface area contributed by atoms with E-state index in [0.717, 1.165) is 12.2 Å². The fourth-order valence-corrected chi connectivity index (χ4v) is 1.62. The molecule has 1 rings (SSSR count). The molecule has 2 N–H and O–H groups in total. The van der Waals surface area contributed by atoms with Crippen LogP contribution in [0.4, 0.5) is 0 Å². The lowest BCUT2D eigenvalue weighted by Gasteiger charge is -2.21. The maximum Gasteiger partial charge on any atom is 0.293 e. The Balaban J connectivity index is 2.60. The number of hydrogen-bond acceptors (Lipinski definition) is 5. The van der Waals surface area contributed by atoms with Gasteiger partial charge in [0.15, 0.2) is 5.82 Å². The third-order valence-corrected chi connectivity index (χ3v) is 3.04. The van der Waals surface area contributed by atoms with Crippen molar-refractivity contribution in [1.29, 1.82) is 0 Å². The van der Waals surface area contributed by atoms with Gasteiger partial charge in [0.1, 0.15) is 6.61 Å². The van der Waals surface area contributed by atoms with Crippen LogP contribution >= 0.6 is 11.5 Å². The maximum atomic E-state index is 5.99. The summed E-state index contributed by atoms with van der Waals surface area (Å²) in [5, 5.41) is 0.607. The Morgan fingerprint density at radius 2 is 1.94 bits per heavy atom. The Kier molecular flexibility index (Phi) is 3.91. The summed E-state index contributed by atoms with van der Waals surface area (Å²) in [5.41, 5.74) is 5.66. The number of hydrogen-bond donors (Lipinski definition) is 1. The Hall–Kier alpha value is -0.680. The van der Waals surface area contributed by atoms with Gasteiger partial charge < -0.3 is 10.5 Å². The van der Waals surface area contributed by atoms with Gasteiger partial charge in [0.2, 0.25) is 0 Å². The zero-order valence-electron chi connectivity index (χ0n) is 10.7. The predicted molar refractivity (Wildman–Crippen MR) is 67.0 cm³/mol. The van der Waals surface area contributed by atoms with E-state index in [9.17, 15) is 0 Å². The minimum atomic E-state index is -0.298. The number of aromatic nitrogens is 2. The molecule has 0 saturated carbocycles. The van der Waals surface area contributed by atoms with Crippen molar-refractivity contribution in [3.8, 4) is 5.19 Å². The van der Waals surface area contributed by atoms with E-state index in [1.54, 1.807) is 0 Å². The summed E-state index contributed by atoms with van der Waals surface area (Å²) in [6.07, 6.45) is 0.873. The molecule has 16 heavy (non-hydrogen) atoms. The molecule has 0 amide bonds. The summed E-state index contributed by atoms with van der Waals surface area (Å²) in [6, 6.07) is 0. The van der Waals surface area contributed by atoms with E-state index >= 15 is 0 Å². The lowest BCUT2D eigenvalue weighted by Crippen LogP contribution is -2.41. The van der Waals surface area contributed by atoms with Gasteiger partial charge in [-0.15, -0.1) is 0 Å². The van der Waals surface area contributed by atoms with Crippen LogP contribution in [0.5, 0.6) is 5.19 Å². The first-order valence-corrected chi connectivity index (χ1v) is 6.28. The van der Waals surface area contributed by atoms with Crippen molar-refractivity contribution < 1.29 is 4.74 Å². The van der Waals surface area contributed by atoms with Crippen LogP contribution in [0.15, 0.2) is 0 Å². The number of nitrogens with zero attached hydrogens (tertiary/aromatic N) is 2. The van der Waals surface area contributed by atoms with Gasteiger partial charge in [-0.3, -0.25) is 0 Å². The Bertz CT molecular complexity index is 341. The highest BCUT2D eigenvalue weighted by Crippen LogP contribution is 2.24. The maximum absolute atomic E-state index is 5.99. The molecule has 0 aliphatic rings. The molecule has 1 unspecified atom stereocenters. The lowest BCUT2D eigenvalue weighted by molar-refractivity contribution is 0.224. The first kappa shape index (κ1) is 13.4. The average Bonchev–Trinajstić information content (AvgIpc) is 2.63. The van der Waals surface area contributed by atoms with Crippen LogP contribution in [0, 0.1) is 0 Å². The van der Waals surface area contributed by atoms with E-state index in [-0.39, 0.29) is 11.0 Å². The monoisotopic (exact) mass is 243 g/mol. The van der Waals surface area contributed by atoms with Gasteiger partial charge in [-0.1, -0.05) is 27.7 Å². The molecule has 0 fully saturated rings. The van der Waals surface area contributed by atoms with Crippen molar-refractivity contribution in [2.75, 3.05) is 6.61 Å². The summed E-state index contributed by atoms with van der Waals surface area (Å²) in [6.45, 7) is 10.7.